The lowest BCUT2D eigenvalue weighted by Crippen LogP contribution is -2.30. The lowest BCUT2D eigenvalue weighted by atomic mass is 9.97. The molecule has 0 saturated heterocycles. The van der Waals surface area contributed by atoms with E-state index >= 15 is 0 Å². The summed E-state index contributed by atoms with van der Waals surface area (Å²) in [5.41, 5.74) is 12.6. The van der Waals surface area contributed by atoms with Gasteiger partial charge >= 0.3 is 0 Å². The van der Waals surface area contributed by atoms with Crippen LogP contribution in [0.5, 0.6) is 0 Å². The lowest BCUT2D eigenvalue weighted by molar-refractivity contribution is 0.0678. The number of imide groups is 6. The number of nitrogens with zero attached hydrogens (tertiary/aromatic N) is 7. The zero-order valence-electron chi connectivity index (χ0n) is 51.6. The number of amides is 12. The maximum absolute atomic E-state index is 13.9. The summed E-state index contributed by atoms with van der Waals surface area (Å²) in [6.07, 6.45) is 0. The van der Waals surface area contributed by atoms with Crippen LogP contribution in [0.1, 0.15) is 135 Å². The van der Waals surface area contributed by atoms with Gasteiger partial charge in [0.2, 0.25) is 0 Å². The van der Waals surface area contributed by atoms with E-state index in [0.717, 1.165) is 52.2 Å². The third-order valence-corrected chi connectivity index (χ3v) is 18.4. The first-order chi connectivity index (χ1) is 46.7. The second kappa shape index (κ2) is 21.5. The number of benzene rings is 10. The number of rotatable bonds is 8. The molecule has 1 aromatic heterocycles. The van der Waals surface area contributed by atoms with Gasteiger partial charge in [-0.1, -0.05) is 54.6 Å². The summed E-state index contributed by atoms with van der Waals surface area (Å²) in [7, 11) is 2.86. The van der Waals surface area contributed by atoms with Crippen molar-refractivity contribution in [3.63, 3.8) is 0 Å². The Morgan fingerprint density at radius 1 is 0.258 bits per heavy atom. The van der Waals surface area contributed by atoms with E-state index in [4.69, 9.17) is 0 Å². The molecule has 12 amide bonds. The van der Waals surface area contributed by atoms with Crippen molar-refractivity contribution in [2.45, 2.75) is 13.8 Å². The van der Waals surface area contributed by atoms with Crippen molar-refractivity contribution in [2.24, 2.45) is 0 Å². The van der Waals surface area contributed by atoms with Crippen molar-refractivity contribution in [1.29, 1.82) is 0 Å². The van der Waals surface area contributed by atoms with Gasteiger partial charge in [-0.3, -0.25) is 67.3 Å². The Morgan fingerprint density at radius 2 is 0.536 bits per heavy atom. The predicted octanol–water partition coefficient (Wildman–Crippen LogP) is 12.2. The number of aromatic nitrogens is 2. The molecule has 7 heterocycles. The second-order valence-corrected chi connectivity index (χ2v) is 24.2. The number of anilines is 4. The highest BCUT2D eigenvalue weighted by Crippen LogP contribution is 2.40. The Kier molecular flexibility index (Phi) is 13.0. The fourth-order valence-electron chi connectivity index (χ4n) is 13.2. The van der Waals surface area contributed by atoms with Crippen molar-refractivity contribution >= 4 is 105 Å². The summed E-state index contributed by atoms with van der Waals surface area (Å²) in [4.78, 5) is 172. The normalized spacial score (nSPS) is 15.1. The van der Waals surface area contributed by atoms with E-state index in [1.165, 1.54) is 43.3 Å². The van der Waals surface area contributed by atoms with Gasteiger partial charge in [0.05, 0.1) is 101 Å². The molecule has 0 spiro atoms. The standard InChI is InChI=1S/C53H30N6O8.C24H16N2O4/c1-26-3-20-43-44(21-26)55-45(54-43)27-4-10-32(11-5-27)57-48(62)36-18-8-30(24-40(36)51(57)65)31-9-19-38-42(25-31)53(67)59(50(38)64)34-14-12-33(13-15-34)58-49(63)37-17-7-29(23-41(37)52(58)66)28-6-16-35-39(22-28)47(61)56(2)46(35)60;1-13-4-3-5-16(10-13)26-23(29)18-9-7-15(12-20(18)24(26)30)14-6-8-17-19(11-14)22(28)25(2)21(17)27/h3-25H,1-2H3,(H,54,55);3-12H,1-2H3. The fourth-order valence-corrected chi connectivity index (χ4v) is 13.2. The van der Waals surface area contributed by atoms with E-state index in [9.17, 15) is 57.5 Å². The van der Waals surface area contributed by atoms with Gasteiger partial charge in [0.25, 0.3) is 70.9 Å². The third kappa shape index (κ3) is 9.02. The van der Waals surface area contributed by atoms with Gasteiger partial charge in [0, 0.05) is 19.7 Å². The summed E-state index contributed by atoms with van der Waals surface area (Å²) < 4.78 is 0. The number of nitrogens with one attached hydrogen (secondary N) is 1. The van der Waals surface area contributed by atoms with Gasteiger partial charge in [-0.15, -0.1) is 0 Å². The van der Waals surface area contributed by atoms with E-state index in [1.807, 2.05) is 38.1 Å². The quantitative estimate of drug-likeness (QED) is 0.139. The Balaban J connectivity index is 0.000000205. The van der Waals surface area contributed by atoms with Crippen LogP contribution in [0.4, 0.5) is 22.7 Å². The lowest BCUT2D eigenvalue weighted by Gasteiger charge is -2.17. The second-order valence-electron chi connectivity index (χ2n) is 24.2. The molecule has 97 heavy (non-hydrogen) atoms. The average molecular weight is 1280 g/mol. The molecule has 17 rings (SSSR count). The Labute approximate surface area is 549 Å². The predicted molar refractivity (Wildman–Crippen MR) is 357 cm³/mol. The number of aryl methyl sites for hydroxylation is 2. The van der Waals surface area contributed by atoms with Crippen LogP contribution in [0.25, 0.3) is 55.8 Å². The van der Waals surface area contributed by atoms with Gasteiger partial charge in [-0.05, 0) is 204 Å². The summed E-state index contributed by atoms with van der Waals surface area (Å²) in [6, 6.07) is 55.5. The highest BCUT2D eigenvalue weighted by atomic mass is 16.2. The molecule has 20 nitrogen and oxygen atoms in total. The largest absolute Gasteiger partial charge is 0.338 e. The van der Waals surface area contributed by atoms with Gasteiger partial charge in [-0.25, -0.2) is 24.6 Å². The first-order valence-electron chi connectivity index (χ1n) is 30.5. The molecule has 0 radical (unpaired) electrons. The number of aromatic amines is 1. The van der Waals surface area contributed by atoms with Crippen LogP contribution in [0.2, 0.25) is 0 Å². The van der Waals surface area contributed by atoms with Crippen LogP contribution in [0.15, 0.2) is 200 Å². The van der Waals surface area contributed by atoms with E-state index in [0.29, 0.717) is 78.4 Å². The molecule has 0 saturated carbocycles. The van der Waals surface area contributed by atoms with E-state index < -0.39 is 47.3 Å². The smallest absolute Gasteiger partial charge is 0.266 e. The fraction of sp³-hybridized carbons (Fsp3) is 0.0519. The van der Waals surface area contributed by atoms with Crippen molar-refractivity contribution in [1.82, 2.24) is 19.8 Å². The van der Waals surface area contributed by atoms with Gasteiger partial charge in [0.1, 0.15) is 5.82 Å². The monoisotopic (exact) mass is 1270 g/mol. The number of carbonyl (C=O) groups is 12. The molecule has 6 aliphatic rings. The molecule has 1 N–H and O–H groups in total. The summed E-state index contributed by atoms with van der Waals surface area (Å²) in [5, 5.41) is 0. The zero-order chi connectivity index (χ0) is 67.3. The van der Waals surface area contributed by atoms with Crippen LogP contribution in [0.3, 0.4) is 0 Å². The SMILES string of the molecule is Cc1ccc2nc(-c3ccc(N4C(=O)c5ccc(-c6ccc7c(c6)C(=O)N(c6ccc(N8C(=O)c9ccc(-c%10ccc%11c(c%10)C(=O)N(C)C%11=O)cc9C8=O)cc6)C7=O)cc5C4=O)cc3)[nH]c2c1.Cc1cccc(N2C(=O)c3ccc(-c4ccc5c(c4)C(=O)N(C)C5=O)cc3C2=O)c1. The number of hydrogen-bond acceptors (Lipinski definition) is 13. The number of imidazole rings is 1. The number of hydrogen-bond donors (Lipinski definition) is 1. The topological polar surface area (TPSA) is 253 Å². The van der Waals surface area contributed by atoms with Gasteiger partial charge in [-0.2, -0.15) is 0 Å². The van der Waals surface area contributed by atoms with Crippen LogP contribution in [-0.2, 0) is 0 Å². The summed E-state index contributed by atoms with van der Waals surface area (Å²) in [5.74, 6) is -4.83. The van der Waals surface area contributed by atoms with Crippen LogP contribution in [-0.4, -0.2) is 105 Å². The van der Waals surface area contributed by atoms with E-state index in [1.54, 1.807) is 152 Å². The molecular formula is C77H46N8O12. The van der Waals surface area contributed by atoms with Crippen molar-refractivity contribution in [3.8, 4) is 44.8 Å². The maximum atomic E-state index is 13.9. The first kappa shape index (κ1) is 58.6. The minimum absolute atomic E-state index is 0.137. The summed E-state index contributed by atoms with van der Waals surface area (Å²) >= 11 is 0. The maximum Gasteiger partial charge on any atom is 0.266 e. The molecule has 466 valence electrons. The van der Waals surface area contributed by atoms with Crippen molar-refractivity contribution in [2.75, 3.05) is 33.7 Å². The molecule has 0 unspecified atom stereocenters. The highest BCUT2D eigenvalue weighted by molar-refractivity contribution is 6.38. The molecule has 6 aliphatic heterocycles. The van der Waals surface area contributed by atoms with Gasteiger partial charge in [0.15, 0.2) is 0 Å². The molecule has 0 bridgehead atoms. The van der Waals surface area contributed by atoms with Gasteiger partial charge < -0.3 is 4.98 Å². The van der Waals surface area contributed by atoms with E-state index in [-0.39, 0.29) is 73.9 Å². The molecule has 0 fully saturated rings. The summed E-state index contributed by atoms with van der Waals surface area (Å²) in [6.45, 7) is 3.90. The first-order valence-corrected chi connectivity index (χ1v) is 30.5. The molecule has 0 atom stereocenters. The number of carbonyl (C=O) groups excluding carboxylic acids is 12. The van der Waals surface area contributed by atoms with Crippen LogP contribution in [0, 0.1) is 13.8 Å². The minimum atomic E-state index is -0.591. The minimum Gasteiger partial charge on any atom is -0.338 e. The van der Waals surface area contributed by atoms with E-state index in [2.05, 4.69) is 9.97 Å². The highest BCUT2D eigenvalue weighted by Gasteiger charge is 2.43. The molecule has 0 aliphatic carbocycles. The molecule has 20 heteroatoms. The molecule has 11 aromatic rings. The molecule has 10 aromatic carbocycles. The molecular weight excluding hydrogens is 1230 g/mol. The van der Waals surface area contributed by atoms with Crippen molar-refractivity contribution < 1.29 is 57.5 Å². The number of H-pyrrole nitrogens is 1. The average Bonchev–Trinajstić information content (AvgIpc) is 1.62. The Hall–Kier alpha value is -13.5. The Morgan fingerprint density at radius 3 is 0.887 bits per heavy atom. The van der Waals surface area contributed by atoms with Crippen LogP contribution >= 0.6 is 0 Å². The Bertz CT molecular complexity index is 5590. The number of fused-ring (bicyclic) bond motifs is 7. The van der Waals surface area contributed by atoms with Crippen LogP contribution < -0.4 is 19.6 Å². The third-order valence-electron chi connectivity index (χ3n) is 18.4. The zero-order valence-corrected chi connectivity index (χ0v) is 51.6. The van der Waals surface area contributed by atoms with Crippen molar-refractivity contribution in [3.05, 3.63) is 278 Å².